The molecule has 0 aliphatic carbocycles. The predicted molar refractivity (Wildman–Crippen MR) is 99.6 cm³/mol. The second-order valence-electron chi connectivity index (χ2n) is 8.01. The first-order valence-electron chi connectivity index (χ1n) is 10.1. The maximum Gasteiger partial charge on any atom is 0.490 e. The third-order valence-electron chi connectivity index (χ3n) is 5.74. The van der Waals surface area contributed by atoms with Crippen LogP contribution in [0.5, 0.6) is 0 Å². The highest BCUT2D eigenvalue weighted by Gasteiger charge is 2.44. The zero-order chi connectivity index (χ0) is 21.9. The van der Waals surface area contributed by atoms with Crippen molar-refractivity contribution in [1.29, 1.82) is 0 Å². The lowest BCUT2D eigenvalue weighted by Gasteiger charge is -2.48. The highest BCUT2D eigenvalue weighted by Crippen LogP contribution is 2.33. The summed E-state index contributed by atoms with van der Waals surface area (Å²) in [6, 6.07) is 4.29. The van der Waals surface area contributed by atoms with Gasteiger partial charge in [0.05, 0.1) is 18.7 Å². The maximum atomic E-state index is 12.2. The van der Waals surface area contributed by atoms with Gasteiger partial charge in [-0.1, -0.05) is 0 Å². The Morgan fingerprint density at radius 1 is 1.27 bits per heavy atom. The van der Waals surface area contributed by atoms with E-state index in [1.54, 1.807) is 0 Å². The summed E-state index contributed by atoms with van der Waals surface area (Å²) >= 11 is 0. The average Bonchev–Trinajstić information content (AvgIpc) is 3.28. The fraction of sp³-hybridized carbons (Fsp3) is 0.700. The van der Waals surface area contributed by atoms with Crippen molar-refractivity contribution in [3.8, 4) is 0 Å². The summed E-state index contributed by atoms with van der Waals surface area (Å²) < 4.78 is 43.6. The molecule has 168 valence electrons. The van der Waals surface area contributed by atoms with Gasteiger partial charge in [0.2, 0.25) is 5.91 Å². The Balaban J connectivity index is 0.000000318. The number of hydrogen-bond donors (Lipinski definition) is 1. The first-order chi connectivity index (χ1) is 14.1. The van der Waals surface area contributed by atoms with Gasteiger partial charge in [0.25, 0.3) is 0 Å². The van der Waals surface area contributed by atoms with Crippen molar-refractivity contribution < 1.29 is 37.0 Å². The van der Waals surface area contributed by atoms with E-state index >= 15 is 0 Å². The topological polar surface area (TPSA) is 83.2 Å². The summed E-state index contributed by atoms with van der Waals surface area (Å²) in [6.45, 7) is 6.49. The largest absolute Gasteiger partial charge is 0.490 e. The zero-order valence-electron chi connectivity index (χ0n) is 16.9. The number of rotatable bonds is 3. The number of nitrogens with zero attached hydrogens (tertiary/aromatic N) is 2. The molecule has 3 aliphatic rings. The molecule has 0 spiro atoms. The molecule has 0 saturated carbocycles. The van der Waals surface area contributed by atoms with Crippen LogP contribution in [0.25, 0.3) is 0 Å². The Hall–Kier alpha value is -2.07. The minimum Gasteiger partial charge on any atom is -0.475 e. The van der Waals surface area contributed by atoms with Crippen molar-refractivity contribution >= 4 is 11.9 Å². The van der Waals surface area contributed by atoms with E-state index in [9.17, 15) is 18.0 Å². The second kappa shape index (κ2) is 9.38. The van der Waals surface area contributed by atoms with E-state index in [2.05, 4.69) is 15.9 Å². The van der Waals surface area contributed by atoms with Crippen LogP contribution in [-0.4, -0.2) is 71.3 Å². The standard InChI is InChI=1S/C18H26N2O3.C2HF3O2/c1-13-6-7-15(23-13)11-19-10-14-4-3-9-22-18(14)16(12-19)20-8-2-5-17(20)21;3-2(4,5)1(6)7/h6-7,14,16,18H,2-5,8-12H2,1H3;(H,6,7)/t14-,16+,18-;/m0./s1. The molecule has 7 nitrogen and oxygen atoms in total. The van der Waals surface area contributed by atoms with Gasteiger partial charge in [-0.25, -0.2) is 4.79 Å². The van der Waals surface area contributed by atoms with Gasteiger partial charge in [-0.3, -0.25) is 9.69 Å². The van der Waals surface area contributed by atoms with Crippen LogP contribution in [0.1, 0.15) is 37.2 Å². The summed E-state index contributed by atoms with van der Waals surface area (Å²) in [5.41, 5.74) is 0. The minimum absolute atomic E-state index is 0.208. The van der Waals surface area contributed by atoms with Gasteiger partial charge >= 0.3 is 12.1 Å². The van der Waals surface area contributed by atoms with Crippen LogP contribution in [0, 0.1) is 12.8 Å². The van der Waals surface area contributed by atoms with E-state index in [1.807, 2.05) is 13.0 Å². The van der Waals surface area contributed by atoms with Gasteiger partial charge in [0.15, 0.2) is 0 Å². The van der Waals surface area contributed by atoms with Gasteiger partial charge in [0, 0.05) is 32.7 Å². The number of carboxylic acid groups (broad SMARTS) is 1. The smallest absolute Gasteiger partial charge is 0.475 e. The van der Waals surface area contributed by atoms with Gasteiger partial charge in [-0.15, -0.1) is 0 Å². The fourth-order valence-corrected chi connectivity index (χ4v) is 4.48. The van der Waals surface area contributed by atoms with Crippen molar-refractivity contribution in [3.63, 3.8) is 0 Å². The SMILES string of the molecule is Cc1ccc(CN2C[C@@H]3CCCO[C@@H]3[C@H](N3CCCC3=O)C2)o1.O=C(O)C(F)(F)F. The summed E-state index contributed by atoms with van der Waals surface area (Å²) in [7, 11) is 0. The number of carboxylic acids is 1. The Morgan fingerprint density at radius 3 is 2.57 bits per heavy atom. The highest BCUT2D eigenvalue weighted by molar-refractivity contribution is 5.78. The molecule has 10 heteroatoms. The second-order valence-corrected chi connectivity index (χ2v) is 8.01. The van der Waals surface area contributed by atoms with Gasteiger partial charge in [-0.2, -0.15) is 13.2 Å². The van der Waals surface area contributed by atoms with Gasteiger partial charge in [0.1, 0.15) is 11.5 Å². The lowest BCUT2D eigenvalue weighted by atomic mass is 9.84. The number of ether oxygens (including phenoxy) is 1. The summed E-state index contributed by atoms with van der Waals surface area (Å²) in [5.74, 6) is 0.0596. The minimum atomic E-state index is -5.08. The molecule has 3 fully saturated rings. The number of likely N-dealkylation sites (tertiary alicyclic amines) is 2. The molecule has 0 bridgehead atoms. The summed E-state index contributed by atoms with van der Waals surface area (Å²) in [6.07, 6.45) is -0.831. The number of amides is 1. The van der Waals surface area contributed by atoms with E-state index in [4.69, 9.17) is 19.1 Å². The van der Waals surface area contributed by atoms with Crippen molar-refractivity contribution in [2.75, 3.05) is 26.2 Å². The third-order valence-corrected chi connectivity index (χ3v) is 5.74. The molecule has 3 saturated heterocycles. The summed E-state index contributed by atoms with van der Waals surface area (Å²) in [5, 5.41) is 7.12. The van der Waals surface area contributed by atoms with Crippen LogP contribution in [0.3, 0.4) is 0 Å². The quantitative estimate of drug-likeness (QED) is 0.791. The first-order valence-corrected chi connectivity index (χ1v) is 10.1. The predicted octanol–water partition coefficient (Wildman–Crippen LogP) is 2.82. The molecule has 3 aliphatic heterocycles. The van der Waals surface area contributed by atoms with Crippen molar-refractivity contribution in [2.45, 2.75) is 57.5 Å². The van der Waals surface area contributed by atoms with Crippen LogP contribution >= 0.6 is 0 Å². The Bertz CT molecular complexity index is 751. The number of furan rings is 1. The number of carbonyl (C=O) groups is 2. The molecular formula is C20H27F3N2O5. The van der Waals surface area contributed by atoms with Crippen LogP contribution in [0.2, 0.25) is 0 Å². The molecule has 1 aromatic rings. The monoisotopic (exact) mass is 432 g/mol. The van der Waals surface area contributed by atoms with Crippen molar-refractivity contribution in [3.05, 3.63) is 23.7 Å². The average molecular weight is 432 g/mol. The number of fused-ring (bicyclic) bond motifs is 1. The number of hydrogen-bond acceptors (Lipinski definition) is 5. The molecular weight excluding hydrogens is 405 g/mol. The maximum absolute atomic E-state index is 12.2. The normalized spacial score (nSPS) is 27.4. The van der Waals surface area contributed by atoms with E-state index in [-0.39, 0.29) is 12.1 Å². The molecule has 0 radical (unpaired) electrons. The number of aliphatic carboxylic acids is 1. The van der Waals surface area contributed by atoms with Crippen LogP contribution in [-0.2, 0) is 20.9 Å². The van der Waals surface area contributed by atoms with E-state index in [0.717, 1.165) is 57.1 Å². The molecule has 0 unspecified atom stereocenters. The molecule has 0 aromatic carbocycles. The van der Waals surface area contributed by atoms with Gasteiger partial charge in [-0.05, 0) is 44.2 Å². The highest BCUT2D eigenvalue weighted by atomic mass is 19.4. The van der Waals surface area contributed by atoms with Crippen molar-refractivity contribution in [1.82, 2.24) is 9.80 Å². The molecule has 3 atom stereocenters. The molecule has 4 rings (SSSR count). The van der Waals surface area contributed by atoms with Crippen LogP contribution < -0.4 is 0 Å². The Labute approximate surface area is 172 Å². The molecule has 4 heterocycles. The Kier molecular flexibility index (Phi) is 7.07. The number of alkyl halides is 3. The number of piperidine rings is 1. The summed E-state index contributed by atoms with van der Waals surface area (Å²) in [4.78, 5) is 25.7. The van der Waals surface area contributed by atoms with E-state index < -0.39 is 12.1 Å². The number of aryl methyl sites for hydroxylation is 1. The van der Waals surface area contributed by atoms with Crippen LogP contribution in [0.15, 0.2) is 16.5 Å². The van der Waals surface area contributed by atoms with Crippen molar-refractivity contribution in [2.24, 2.45) is 5.92 Å². The van der Waals surface area contributed by atoms with E-state index in [0.29, 0.717) is 18.2 Å². The van der Waals surface area contributed by atoms with Crippen LogP contribution in [0.4, 0.5) is 13.2 Å². The fourth-order valence-electron chi connectivity index (χ4n) is 4.48. The molecule has 1 amide bonds. The molecule has 1 aromatic heterocycles. The van der Waals surface area contributed by atoms with Gasteiger partial charge < -0.3 is 19.2 Å². The van der Waals surface area contributed by atoms with E-state index in [1.165, 1.54) is 6.42 Å². The lowest BCUT2D eigenvalue weighted by molar-refractivity contribution is -0.192. The molecule has 30 heavy (non-hydrogen) atoms. The first kappa shape index (κ1) is 22.6. The number of carbonyl (C=O) groups excluding carboxylic acids is 1. The third kappa shape index (κ3) is 5.54. The molecule has 1 N–H and O–H groups in total. The Morgan fingerprint density at radius 2 is 2.00 bits per heavy atom. The number of halogens is 3. The lowest BCUT2D eigenvalue weighted by Crippen LogP contribution is -2.61. The zero-order valence-corrected chi connectivity index (χ0v) is 16.9.